The predicted molar refractivity (Wildman–Crippen MR) is 66.4 cm³/mol. The van der Waals surface area contributed by atoms with Gasteiger partial charge in [-0.2, -0.15) is 0 Å². The number of amides is 1. The molecule has 5 heteroatoms. The number of ether oxygens (including phenoxy) is 1. The zero-order chi connectivity index (χ0) is 12.1. The summed E-state index contributed by atoms with van der Waals surface area (Å²) in [7, 11) is 0. The van der Waals surface area contributed by atoms with Crippen molar-refractivity contribution in [2.75, 3.05) is 11.9 Å². The van der Waals surface area contributed by atoms with Crippen molar-refractivity contribution in [1.29, 1.82) is 0 Å². The van der Waals surface area contributed by atoms with E-state index in [1.54, 1.807) is 0 Å². The fraction of sp³-hybridized carbons (Fsp3) is 0.364. The van der Waals surface area contributed by atoms with Crippen LogP contribution in [-0.2, 0) is 4.74 Å². The molecule has 0 bridgehead atoms. The van der Waals surface area contributed by atoms with Crippen LogP contribution in [0, 0.1) is 13.8 Å². The van der Waals surface area contributed by atoms with Gasteiger partial charge in [0.1, 0.15) is 11.4 Å². The third-order valence-corrected chi connectivity index (χ3v) is 2.35. The molecule has 0 atom stereocenters. The normalized spacial score (nSPS) is 10.3. The summed E-state index contributed by atoms with van der Waals surface area (Å²) in [6, 6.07) is 5.61. The van der Waals surface area contributed by atoms with E-state index in [1.807, 2.05) is 32.0 Å². The van der Waals surface area contributed by atoms with Gasteiger partial charge in [-0.15, -0.1) is 23.2 Å². The Labute approximate surface area is 105 Å². The lowest BCUT2D eigenvalue weighted by Gasteiger charge is -2.08. The Kier molecular flexibility index (Phi) is 4.90. The van der Waals surface area contributed by atoms with Crippen molar-refractivity contribution in [2.24, 2.45) is 0 Å². The van der Waals surface area contributed by atoms with Gasteiger partial charge in [0.15, 0.2) is 0 Å². The Balaban J connectivity index is 2.53. The van der Waals surface area contributed by atoms with E-state index in [0.29, 0.717) is 5.69 Å². The van der Waals surface area contributed by atoms with Crippen LogP contribution < -0.4 is 5.32 Å². The van der Waals surface area contributed by atoms with Gasteiger partial charge in [-0.25, -0.2) is 4.79 Å². The first kappa shape index (κ1) is 13.1. The molecule has 88 valence electrons. The molecule has 16 heavy (non-hydrogen) atoms. The second kappa shape index (κ2) is 5.97. The van der Waals surface area contributed by atoms with Crippen molar-refractivity contribution < 1.29 is 9.53 Å². The molecule has 0 saturated carbocycles. The summed E-state index contributed by atoms with van der Waals surface area (Å²) in [5, 5.41) is 2.59. The summed E-state index contributed by atoms with van der Waals surface area (Å²) < 4.78 is 4.76. The fourth-order valence-corrected chi connectivity index (χ4v) is 1.24. The number of carbonyl (C=O) groups excluding carboxylic acids is 1. The van der Waals surface area contributed by atoms with Crippen LogP contribution in [0.2, 0.25) is 0 Å². The number of benzene rings is 1. The highest BCUT2D eigenvalue weighted by Gasteiger charge is 2.06. The quantitative estimate of drug-likeness (QED) is 0.844. The van der Waals surface area contributed by atoms with Crippen LogP contribution in [-0.4, -0.2) is 17.5 Å². The number of hydrogen-bond acceptors (Lipinski definition) is 2. The van der Waals surface area contributed by atoms with E-state index in [9.17, 15) is 4.79 Å². The second-order valence-electron chi connectivity index (χ2n) is 3.41. The number of hydrogen-bond donors (Lipinski definition) is 1. The molecule has 1 aromatic rings. The van der Waals surface area contributed by atoms with E-state index in [0.717, 1.165) is 5.56 Å². The van der Waals surface area contributed by atoms with E-state index >= 15 is 0 Å². The van der Waals surface area contributed by atoms with Crippen LogP contribution in [0.25, 0.3) is 0 Å². The van der Waals surface area contributed by atoms with Crippen molar-refractivity contribution in [2.45, 2.75) is 18.7 Å². The van der Waals surface area contributed by atoms with Crippen LogP contribution in [0.4, 0.5) is 10.5 Å². The van der Waals surface area contributed by atoms with Gasteiger partial charge in [-0.1, -0.05) is 6.07 Å². The molecule has 0 aliphatic heterocycles. The highest BCUT2D eigenvalue weighted by Crippen LogP contribution is 2.14. The topological polar surface area (TPSA) is 38.3 Å². The van der Waals surface area contributed by atoms with Crippen LogP contribution in [0.5, 0.6) is 0 Å². The van der Waals surface area contributed by atoms with Crippen molar-refractivity contribution in [1.82, 2.24) is 0 Å². The van der Waals surface area contributed by atoms with E-state index < -0.39 is 10.9 Å². The van der Waals surface area contributed by atoms with Gasteiger partial charge >= 0.3 is 6.09 Å². The van der Waals surface area contributed by atoms with Gasteiger partial charge in [-0.05, 0) is 37.1 Å². The molecule has 1 amide bonds. The molecule has 1 aromatic carbocycles. The molecule has 0 heterocycles. The smallest absolute Gasteiger partial charge is 0.411 e. The maximum atomic E-state index is 11.3. The molecule has 1 rings (SSSR count). The minimum atomic E-state index is -0.703. The Morgan fingerprint density at radius 3 is 2.62 bits per heavy atom. The van der Waals surface area contributed by atoms with Crippen LogP contribution in [0.1, 0.15) is 11.1 Å². The SMILES string of the molecule is Cc1ccc(NC(=O)OCC(Cl)Cl)cc1C. The molecule has 3 nitrogen and oxygen atoms in total. The number of rotatable bonds is 3. The average Bonchev–Trinajstić information content (AvgIpc) is 2.21. The lowest BCUT2D eigenvalue weighted by Crippen LogP contribution is -2.16. The summed E-state index contributed by atoms with van der Waals surface area (Å²) in [5.74, 6) is 0. The third-order valence-electron chi connectivity index (χ3n) is 2.09. The van der Waals surface area contributed by atoms with Gasteiger partial charge in [-0.3, -0.25) is 5.32 Å². The summed E-state index contributed by atoms with van der Waals surface area (Å²) in [4.78, 5) is 10.6. The van der Waals surface area contributed by atoms with Crippen molar-refractivity contribution in [3.63, 3.8) is 0 Å². The first-order chi connectivity index (χ1) is 7.49. The summed E-state index contributed by atoms with van der Waals surface area (Å²) in [5.41, 5.74) is 2.96. The maximum absolute atomic E-state index is 11.3. The lowest BCUT2D eigenvalue weighted by molar-refractivity contribution is 0.166. The molecule has 0 saturated heterocycles. The van der Waals surface area contributed by atoms with Crippen LogP contribution in [0.3, 0.4) is 0 Å². The van der Waals surface area contributed by atoms with E-state index in [4.69, 9.17) is 27.9 Å². The maximum Gasteiger partial charge on any atom is 0.411 e. The van der Waals surface area contributed by atoms with E-state index in [1.165, 1.54) is 5.56 Å². The minimum Gasteiger partial charge on any atom is -0.446 e. The van der Waals surface area contributed by atoms with Gasteiger partial charge in [0.25, 0.3) is 0 Å². The summed E-state index contributed by atoms with van der Waals surface area (Å²) in [6.45, 7) is 3.95. The molecule has 0 aromatic heterocycles. The Morgan fingerprint density at radius 2 is 2.06 bits per heavy atom. The van der Waals surface area contributed by atoms with Crippen molar-refractivity contribution in [3.05, 3.63) is 29.3 Å². The zero-order valence-corrected chi connectivity index (χ0v) is 10.6. The van der Waals surface area contributed by atoms with Gasteiger partial charge < -0.3 is 4.74 Å². The van der Waals surface area contributed by atoms with Crippen LogP contribution in [0.15, 0.2) is 18.2 Å². The van der Waals surface area contributed by atoms with Gasteiger partial charge in [0.05, 0.1) is 0 Å². The fourth-order valence-electron chi connectivity index (χ4n) is 1.11. The monoisotopic (exact) mass is 261 g/mol. The Bertz CT molecular complexity index is 380. The minimum absolute atomic E-state index is 0.0280. The number of alkyl halides is 2. The molecular weight excluding hydrogens is 249 g/mol. The standard InChI is InChI=1S/C11H13Cl2NO2/c1-7-3-4-9(5-8(7)2)14-11(15)16-6-10(12)13/h3-5,10H,6H2,1-2H3,(H,14,15). The second-order valence-corrected chi connectivity index (χ2v) is 4.69. The Morgan fingerprint density at radius 1 is 1.38 bits per heavy atom. The van der Waals surface area contributed by atoms with Gasteiger partial charge in [0, 0.05) is 5.69 Å². The van der Waals surface area contributed by atoms with E-state index in [2.05, 4.69) is 5.32 Å². The first-order valence-electron chi connectivity index (χ1n) is 4.78. The number of carbonyl (C=O) groups is 1. The molecule has 1 N–H and O–H groups in total. The molecule has 0 fully saturated rings. The molecular formula is C11H13Cl2NO2. The lowest BCUT2D eigenvalue weighted by atomic mass is 10.1. The van der Waals surface area contributed by atoms with E-state index in [-0.39, 0.29) is 6.61 Å². The number of halogens is 2. The van der Waals surface area contributed by atoms with Crippen molar-refractivity contribution >= 4 is 35.0 Å². The average molecular weight is 262 g/mol. The number of anilines is 1. The summed E-state index contributed by atoms with van der Waals surface area (Å²) in [6.07, 6.45) is -0.561. The molecule has 0 radical (unpaired) electrons. The first-order valence-corrected chi connectivity index (χ1v) is 5.65. The highest BCUT2D eigenvalue weighted by atomic mass is 35.5. The molecule has 0 aliphatic carbocycles. The number of nitrogens with one attached hydrogen (secondary N) is 1. The summed E-state index contributed by atoms with van der Waals surface area (Å²) >= 11 is 10.9. The van der Waals surface area contributed by atoms with Crippen molar-refractivity contribution in [3.8, 4) is 0 Å². The highest BCUT2D eigenvalue weighted by molar-refractivity contribution is 6.44. The van der Waals surface area contributed by atoms with Crippen LogP contribution >= 0.6 is 23.2 Å². The molecule has 0 unspecified atom stereocenters. The molecule has 0 aliphatic rings. The zero-order valence-electron chi connectivity index (χ0n) is 9.09. The molecule has 0 spiro atoms. The number of aryl methyl sites for hydroxylation is 2. The Hall–Kier alpha value is -0.930. The largest absolute Gasteiger partial charge is 0.446 e. The third kappa shape index (κ3) is 4.29. The van der Waals surface area contributed by atoms with Gasteiger partial charge in [0.2, 0.25) is 0 Å². The predicted octanol–water partition coefficient (Wildman–Crippen LogP) is 3.66.